The van der Waals surface area contributed by atoms with Gasteiger partial charge in [0, 0.05) is 0 Å². The molecule has 0 fully saturated rings. The molecule has 2 aromatic carbocycles. The van der Waals surface area contributed by atoms with Crippen LogP contribution in [0, 0.1) is 13.8 Å². The number of esters is 1. The van der Waals surface area contributed by atoms with Crippen LogP contribution in [0.25, 0.3) is 0 Å². The second kappa shape index (κ2) is 6.31. The lowest BCUT2D eigenvalue weighted by Crippen LogP contribution is -2.05. The standard InChI is InChI=1S/C17H19NO3/c1-4-20-17(19)13-8-9-16(14(18)10-13)21-15-7-5-6-11(2)12(15)3/h5-10H,4,18H2,1-3H3. The summed E-state index contributed by atoms with van der Waals surface area (Å²) in [6.45, 7) is 6.11. The van der Waals surface area contributed by atoms with Crippen LogP contribution < -0.4 is 10.5 Å². The Morgan fingerprint density at radius 3 is 2.57 bits per heavy atom. The van der Waals surface area contributed by atoms with Gasteiger partial charge in [0.15, 0.2) is 0 Å². The van der Waals surface area contributed by atoms with E-state index in [2.05, 4.69) is 0 Å². The van der Waals surface area contributed by atoms with Gasteiger partial charge in [-0.1, -0.05) is 12.1 Å². The molecule has 2 aromatic rings. The third-order valence-corrected chi connectivity index (χ3v) is 3.30. The lowest BCUT2D eigenvalue weighted by Gasteiger charge is -2.13. The highest BCUT2D eigenvalue weighted by molar-refractivity contribution is 5.91. The molecule has 21 heavy (non-hydrogen) atoms. The Morgan fingerprint density at radius 1 is 1.14 bits per heavy atom. The highest BCUT2D eigenvalue weighted by atomic mass is 16.5. The number of hydrogen-bond acceptors (Lipinski definition) is 4. The minimum absolute atomic E-state index is 0.333. The van der Waals surface area contributed by atoms with E-state index in [0.29, 0.717) is 23.6 Å². The minimum Gasteiger partial charge on any atom is -0.462 e. The summed E-state index contributed by atoms with van der Waals surface area (Å²) < 4.78 is 10.8. The normalized spacial score (nSPS) is 10.2. The van der Waals surface area contributed by atoms with Crippen LogP contribution in [0.5, 0.6) is 11.5 Å². The molecule has 2 N–H and O–H groups in total. The van der Waals surface area contributed by atoms with Crippen LogP contribution in [0.1, 0.15) is 28.4 Å². The average Bonchev–Trinajstić information content (AvgIpc) is 2.46. The molecule has 0 amide bonds. The Hall–Kier alpha value is -2.49. The van der Waals surface area contributed by atoms with Crippen LogP contribution in [0.3, 0.4) is 0 Å². The SMILES string of the molecule is CCOC(=O)c1ccc(Oc2cccc(C)c2C)c(N)c1. The summed E-state index contributed by atoms with van der Waals surface area (Å²) in [6.07, 6.45) is 0. The predicted octanol–water partition coefficient (Wildman–Crippen LogP) is 3.85. The zero-order chi connectivity index (χ0) is 15.4. The first-order chi connectivity index (χ1) is 10.0. The summed E-state index contributed by atoms with van der Waals surface area (Å²) in [7, 11) is 0. The van der Waals surface area contributed by atoms with Crippen molar-refractivity contribution in [2.75, 3.05) is 12.3 Å². The van der Waals surface area contributed by atoms with Crippen LogP contribution in [-0.4, -0.2) is 12.6 Å². The Labute approximate surface area is 124 Å². The maximum absolute atomic E-state index is 11.6. The van der Waals surface area contributed by atoms with E-state index in [4.69, 9.17) is 15.2 Å². The summed E-state index contributed by atoms with van der Waals surface area (Å²) in [5.41, 5.74) is 8.99. The van der Waals surface area contributed by atoms with Crippen molar-refractivity contribution in [3.63, 3.8) is 0 Å². The van der Waals surface area contributed by atoms with Gasteiger partial charge in [-0.15, -0.1) is 0 Å². The lowest BCUT2D eigenvalue weighted by atomic mass is 10.1. The Kier molecular flexibility index (Phi) is 4.48. The topological polar surface area (TPSA) is 61.5 Å². The number of hydrogen-bond donors (Lipinski definition) is 1. The summed E-state index contributed by atoms with van der Waals surface area (Å²) in [5, 5.41) is 0. The quantitative estimate of drug-likeness (QED) is 0.684. The van der Waals surface area contributed by atoms with E-state index < -0.39 is 0 Å². The van der Waals surface area contributed by atoms with E-state index in [9.17, 15) is 4.79 Å². The van der Waals surface area contributed by atoms with E-state index in [-0.39, 0.29) is 5.97 Å². The first-order valence-corrected chi connectivity index (χ1v) is 6.83. The number of benzene rings is 2. The second-order valence-corrected chi connectivity index (χ2v) is 4.77. The smallest absolute Gasteiger partial charge is 0.338 e. The molecule has 0 aromatic heterocycles. The van der Waals surface area contributed by atoms with E-state index in [1.165, 1.54) is 0 Å². The highest BCUT2D eigenvalue weighted by Crippen LogP contribution is 2.31. The van der Waals surface area contributed by atoms with Gasteiger partial charge in [-0.05, 0) is 56.2 Å². The third-order valence-electron chi connectivity index (χ3n) is 3.30. The zero-order valence-corrected chi connectivity index (χ0v) is 12.5. The number of nitrogen functional groups attached to an aromatic ring is 1. The molecule has 0 radical (unpaired) electrons. The van der Waals surface area contributed by atoms with Crippen molar-refractivity contribution in [2.24, 2.45) is 0 Å². The molecule has 0 unspecified atom stereocenters. The van der Waals surface area contributed by atoms with Crippen molar-refractivity contribution in [2.45, 2.75) is 20.8 Å². The van der Waals surface area contributed by atoms with Crippen molar-refractivity contribution >= 4 is 11.7 Å². The number of carbonyl (C=O) groups is 1. The van der Waals surface area contributed by atoms with Crippen LogP contribution in [0.2, 0.25) is 0 Å². The van der Waals surface area contributed by atoms with Crippen LogP contribution in [0.4, 0.5) is 5.69 Å². The first kappa shape index (κ1) is 14.9. The molecule has 0 heterocycles. The molecule has 4 nitrogen and oxygen atoms in total. The van der Waals surface area contributed by atoms with E-state index in [1.54, 1.807) is 25.1 Å². The molecular formula is C17H19NO3. The fourth-order valence-corrected chi connectivity index (χ4v) is 1.94. The zero-order valence-electron chi connectivity index (χ0n) is 12.5. The number of nitrogens with two attached hydrogens (primary N) is 1. The van der Waals surface area contributed by atoms with E-state index >= 15 is 0 Å². The largest absolute Gasteiger partial charge is 0.462 e. The van der Waals surface area contributed by atoms with Gasteiger partial charge < -0.3 is 15.2 Å². The maximum atomic E-state index is 11.6. The molecule has 2 rings (SSSR count). The number of ether oxygens (including phenoxy) is 2. The Balaban J connectivity index is 2.25. The first-order valence-electron chi connectivity index (χ1n) is 6.83. The van der Waals surface area contributed by atoms with Gasteiger partial charge in [0.2, 0.25) is 0 Å². The maximum Gasteiger partial charge on any atom is 0.338 e. The summed E-state index contributed by atoms with van der Waals surface area (Å²) in [4.78, 5) is 11.6. The average molecular weight is 285 g/mol. The van der Waals surface area contributed by atoms with Gasteiger partial charge in [-0.2, -0.15) is 0 Å². The fraction of sp³-hybridized carbons (Fsp3) is 0.235. The van der Waals surface area contributed by atoms with E-state index in [1.807, 2.05) is 32.0 Å². The number of anilines is 1. The molecule has 0 saturated heterocycles. The molecule has 0 spiro atoms. The van der Waals surface area contributed by atoms with Crippen LogP contribution >= 0.6 is 0 Å². The molecule has 0 aliphatic heterocycles. The Bertz CT molecular complexity index is 665. The second-order valence-electron chi connectivity index (χ2n) is 4.77. The van der Waals surface area contributed by atoms with Crippen LogP contribution in [-0.2, 0) is 4.74 Å². The van der Waals surface area contributed by atoms with Gasteiger partial charge in [-0.3, -0.25) is 0 Å². The van der Waals surface area contributed by atoms with Gasteiger partial charge in [0.25, 0.3) is 0 Å². The molecule has 0 aliphatic rings. The molecule has 110 valence electrons. The van der Waals surface area contributed by atoms with Crippen LogP contribution in [0.15, 0.2) is 36.4 Å². The number of carbonyl (C=O) groups excluding carboxylic acids is 1. The molecule has 4 heteroatoms. The molecular weight excluding hydrogens is 266 g/mol. The molecule has 0 bridgehead atoms. The molecule has 0 aliphatic carbocycles. The summed E-state index contributed by atoms with van der Waals surface area (Å²) in [5.74, 6) is 0.893. The van der Waals surface area contributed by atoms with Gasteiger partial charge in [0.1, 0.15) is 11.5 Å². The van der Waals surface area contributed by atoms with E-state index in [0.717, 1.165) is 16.9 Å². The highest BCUT2D eigenvalue weighted by Gasteiger charge is 2.11. The third kappa shape index (κ3) is 3.34. The van der Waals surface area contributed by atoms with Crippen molar-refractivity contribution in [1.29, 1.82) is 0 Å². The molecule has 0 saturated carbocycles. The van der Waals surface area contributed by atoms with Gasteiger partial charge >= 0.3 is 5.97 Å². The lowest BCUT2D eigenvalue weighted by molar-refractivity contribution is 0.0526. The Morgan fingerprint density at radius 2 is 1.90 bits per heavy atom. The van der Waals surface area contributed by atoms with Gasteiger partial charge in [0.05, 0.1) is 17.9 Å². The fourth-order valence-electron chi connectivity index (χ4n) is 1.94. The summed E-state index contributed by atoms with van der Waals surface area (Å²) in [6, 6.07) is 10.7. The van der Waals surface area contributed by atoms with Crippen molar-refractivity contribution < 1.29 is 14.3 Å². The number of rotatable bonds is 4. The van der Waals surface area contributed by atoms with Gasteiger partial charge in [-0.25, -0.2) is 4.79 Å². The van der Waals surface area contributed by atoms with Crippen molar-refractivity contribution in [1.82, 2.24) is 0 Å². The number of aryl methyl sites for hydroxylation is 1. The van der Waals surface area contributed by atoms with Crippen molar-refractivity contribution in [3.05, 3.63) is 53.1 Å². The molecule has 0 atom stereocenters. The summed E-state index contributed by atoms with van der Waals surface area (Å²) >= 11 is 0. The minimum atomic E-state index is -0.387. The van der Waals surface area contributed by atoms with Crippen molar-refractivity contribution in [3.8, 4) is 11.5 Å². The monoisotopic (exact) mass is 285 g/mol. The predicted molar refractivity (Wildman–Crippen MR) is 82.8 cm³/mol.